The van der Waals surface area contributed by atoms with Crippen molar-refractivity contribution in [2.45, 2.75) is 0 Å². The fraction of sp³-hybridized carbons (Fsp3) is 0. The molecule has 0 radical (unpaired) electrons. The van der Waals surface area contributed by atoms with Crippen LogP contribution in [0.3, 0.4) is 0 Å². The van der Waals surface area contributed by atoms with Crippen molar-refractivity contribution < 1.29 is 105 Å². The van der Waals surface area contributed by atoms with Crippen LogP contribution < -0.4 is 40.9 Å². The molecule has 0 saturated carbocycles. The predicted molar refractivity (Wildman–Crippen MR) is 21.6 cm³/mol. The minimum absolute atomic E-state index is 0. The topological polar surface area (TPSA) is 253 Å². The molecule has 0 aliphatic carbocycles. The molecule has 0 spiro atoms. The normalized spacial score (nSPS) is 5.33. The van der Waals surface area contributed by atoms with Gasteiger partial charge in [-0.2, -0.15) is 0 Å². The third kappa shape index (κ3) is 1290. The summed E-state index contributed by atoms with van der Waals surface area (Å²) in [7, 11) is 0. The Morgan fingerprint density at radius 2 is 0.444 bits per heavy atom. The van der Waals surface area contributed by atoms with Crippen LogP contribution in [0.25, 0.3) is 0 Å². The van der Waals surface area contributed by atoms with E-state index in [4.69, 9.17) is 60.0 Å². The van der Waals surface area contributed by atoms with Gasteiger partial charge in [0.05, 0.1) is 0 Å². The number of carbonyl (C=O) groups is 4. The number of hydrogen-bond donors (Lipinski definition) is 0. The van der Waals surface area contributed by atoms with Gasteiger partial charge in [0, 0.05) is 0 Å². The fourth-order valence-electron chi connectivity index (χ4n) is 0. The minimum atomic E-state index is -2.33. The molecule has 0 aromatic rings. The molecule has 0 unspecified atom stereocenters. The summed E-state index contributed by atoms with van der Waals surface area (Å²) >= 11 is 0. The molecule has 104 valence electrons. The smallest absolute Gasteiger partial charge is 0.652 e. The number of hydrogen-bond acceptors (Lipinski definition) is 12. The van der Waals surface area contributed by atoms with Crippen molar-refractivity contribution in [2.24, 2.45) is 0 Å². The average Bonchev–Trinajstić information content (AvgIpc) is 1.76. The van der Waals surface area contributed by atoms with Crippen molar-refractivity contribution in [1.29, 1.82) is 0 Å². The van der Waals surface area contributed by atoms with Gasteiger partial charge in [0.15, 0.2) is 0 Å². The van der Waals surface area contributed by atoms with Gasteiger partial charge in [-0.3, -0.25) is 0 Å². The standard InChI is InChI=1S/4CH2O3.Au.Ta/c4*2-1(3)4;;/h4*(H2,2,3,4);;/q;;;;+3;+5/p-8. The van der Waals surface area contributed by atoms with E-state index >= 15 is 0 Å². The molecule has 0 heterocycles. The van der Waals surface area contributed by atoms with Crippen molar-refractivity contribution in [3.05, 3.63) is 0 Å². The Balaban J connectivity index is -0.0000000257. The second-order valence-corrected chi connectivity index (χ2v) is 1.00. The second kappa shape index (κ2) is 29.6. The van der Waals surface area contributed by atoms with E-state index in [1.165, 1.54) is 0 Å². The molecule has 0 aliphatic rings. The zero-order valence-electron chi connectivity index (χ0n) is 7.65. The van der Waals surface area contributed by atoms with Gasteiger partial charge >= 0.3 is 44.8 Å². The quantitative estimate of drug-likeness (QED) is 0.230. The van der Waals surface area contributed by atoms with Gasteiger partial charge < -0.3 is 60.0 Å². The molecule has 0 atom stereocenters. The van der Waals surface area contributed by atoms with Gasteiger partial charge in [-0.25, -0.2) is 0 Å². The Hall–Kier alpha value is -1.44. The van der Waals surface area contributed by atoms with Crippen molar-refractivity contribution in [3.63, 3.8) is 0 Å². The van der Waals surface area contributed by atoms with Crippen LogP contribution in [0, 0.1) is 0 Å². The van der Waals surface area contributed by atoms with Crippen LogP contribution in [-0.4, -0.2) is 24.6 Å². The number of carbonyl (C=O) groups excluding carboxylic acids is 4. The Bertz CT molecular complexity index is 164. The molecule has 0 rings (SSSR count). The van der Waals surface area contributed by atoms with Crippen LogP contribution in [0.5, 0.6) is 0 Å². The van der Waals surface area contributed by atoms with E-state index in [0.29, 0.717) is 0 Å². The Labute approximate surface area is 129 Å². The van der Waals surface area contributed by atoms with E-state index in [-0.39, 0.29) is 44.8 Å². The van der Waals surface area contributed by atoms with Gasteiger partial charge in [0.1, 0.15) is 0 Å². The van der Waals surface area contributed by atoms with Crippen LogP contribution in [0.2, 0.25) is 0 Å². The maximum absolute atomic E-state index is 8.33. The molecule has 14 heteroatoms. The first kappa shape index (κ1) is 36.0. The third-order valence-corrected chi connectivity index (χ3v) is 0. The fourth-order valence-corrected chi connectivity index (χ4v) is 0. The maximum atomic E-state index is 8.33. The summed E-state index contributed by atoms with van der Waals surface area (Å²) in [6, 6.07) is 0. The summed E-state index contributed by atoms with van der Waals surface area (Å²) in [6.07, 6.45) is -9.33. The molecule has 0 amide bonds. The molecular weight excluding hydrogens is 618 g/mol. The Kier molecular flexibility index (Phi) is 59.1. The molecule has 18 heavy (non-hydrogen) atoms. The predicted octanol–water partition coefficient (Wildman–Crippen LogP) is -9.79. The van der Waals surface area contributed by atoms with E-state index in [1.807, 2.05) is 0 Å². The van der Waals surface area contributed by atoms with Gasteiger partial charge in [-0.15, -0.1) is 0 Å². The molecule has 0 aromatic heterocycles. The molecule has 0 saturated heterocycles. The summed E-state index contributed by atoms with van der Waals surface area (Å²) in [5, 5.41) is 66.7. The van der Waals surface area contributed by atoms with E-state index in [2.05, 4.69) is 0 Å². The molecule has 0 bridgehead atoms. The summed E-state index contributed by atoms with van der Waals surface area (Å²) in [5.41, 5.74) is 0. The summed E-state index contributed by atoms with van der Waals surface area (Å²) in [4.78, 5) is 33.3. The third-order valence-electron chi connectivity index (χ3n) is 0. The summed E-state index contributed by atoms with van der Waals surface area (Å²) in [5.74, 6) is 0. The van der Waals surface area contributed by atoms with E-state index < -0.39 is 24.6 Å². The zero-order valence-corrected chi connectivity index (χ0v) is 13.0. The molecule has 12 nitrogen and oxygen atoms in total. The van der Waals surface area contributed by atoms with E-state index in [9.17, 15) is 0 Å². The molecule has 0 N–H and O–H groups in total. The largest absolute Gasteiger partial charge is 5.00 e. The first-order valence-corrected chi connectivity index (χ1v) is 2.45. The Morgan fingerprint density at radius 1 is 0.444 bits per heavy atom. The van der Waals surface area contributed by atoms with Crippen molar-refractivity contribution in [1.82, 2.24) is 0 Å². The Morgan fingerprint density at radius 3 is 0.444 bits per heavy atom. The SMILES string of the molecule is O=C([O-])[O-].O=C([O-])[O-].O=C([O-])[O-].O=C([O-])[O-].[Au+3].[Ta+5]. The van der Waals surface area contributed by atoms with Crippen LogP contribution in [-0.2, 0) is 44.8 Å². The average molecular weight is 618 g/mol. The maximum Gasteiger partial charge on any atom is 5.00 e. The van der Waals surface area contributed by atoms with Crippen LogP contribution >= 0.6 is 0 Å². The first-order valence-electron chi connectivity index (χ1n) is 2.45. The molecule has 0 fully saturated rings. The monoisotopic (exact) mass is 618 g/mol. The van der Waals surface area contributed by atoms with Crippen molar-refractivity contribution in [3.8, 4) is 0 Å². The van der Waals surface area contributed by atoms with Gasteiger partial charge in [0.25, 0.3) is 0 Å². The van der Waals surface area contributed by atoms with Crippen LogP contribution in [0.15, 0.2) is 0 Å². The van der Waals surface area contributed by atoms with E-state index in [0.717, 1.165) is 0 Å². The van der Waals surface area contributed by atoms with E-state index in [1.54, 1.807) is 0 Å². The molecule has 0 aliphatic heterocycles. The van der Waals surface area contributed by atoms with Gasteiger partial charge in [0.2, 0.25) is 0 Å². The van der Waals surface area contributed by atoms with Crippen LogP contribution in [0.4, 0.5) is 19.2 Å². The summed E-state index contributed by atoms with van der Waals surface area (Å²) < 4.78 is 0. The second-order valence-electron chi connectivity index (χ2n) is 1.00. The first-order chi connectivity index (χ1) is 6.93. The number of rotatable bonds is 0. The van der Waals surface area contributed by atoms with Crippen LogP contribution in [0.1, 0.15) is 0 Å². The molecular formula is C4AuO12Ta. The van der Waals surface area contributed by atoms with Gasteiger partial charge in [-0.1, -0.05) is 0 Å². The minimum Gasteiger partial charge on any atom is -0.652 e. The number of carboxylic acid groups (broad SMARTS) is 8. The zero-order chi connectivity index (χ0) is 14.3. The van der Waals surface area contributed by atoms with Gasteiger partial charge in [-0.05, 0) is 24.6 Å². The molecule has 0 aromatic carbocycles. The van der Waals surface area contributed by atoms with Crippen molar-refractivity contribution >= 4 is 24.6 Å². The summed E-state index contributed by atoms with van der Waals surface area (Å²) in [6.45, 7) is 0. The van der Waals surface area contributed by atoms with Crippen molar-refractivity contribution in [2.75, 3.05) is 0 Å².